The van der Waals surface area contributed by atoms with Crippen molar-refractivity contribution in [1.29, 1.82) is 0 Å². The molecular weight excluding hydrogens is 242 g/mol. The maximum Gasteiger partial charge on any atom is 0.324 e. The Morgan fingerprint density at radius 1 is 1.05 bits per heavy atom. The van der Waals surface area contributed by atoms with E-state index in [0.717, 1.165) is 11.1 Å². The van der Waals surface area contributed by atoms with Crippen LogP contribution in [0.5, 0.6) is 0 Å². The van der Waals surface area contributed by atoms with Crippen LogP contribution in [0.1, 0.15) is 0 Å². The van der Waals surface area contributed by atoms with Gasteiger partial charge in [-0.1, -0.05) is 18.2 Å². The maximum atomic E-state index is 11.8. The predicted octanol–water partition coefficient (Wildman–Crippen LogP) is 2.60. The largest absolute Gasteiger partial charge is 0.324 e. The standard InChI is InChI=1S/C13H11N5O/c19-13(15-9-5-2-1-3-6-9)16-12-10-7-4-8-14-11(10)17-18-12/h1-8H,(H3,14,15,16,17,18,19). The molecule has 0 aliphatic carbocycles. The summed E-state index contributed by atoms with van der Waals surface area (Å²) in [6.45, 7) is 0. The molecule has 1 aromatic carbocycles. The molecule has 0 saturated heterocycles. The number of pyridine rings is 1. The van der Waals surface area contributed by atoms with E-state index < -0.39 is 0 Å². The number of para-hydroxylation sites is 1. The van der Waals surface area contributed by atoms with Gasteiger partial charge in [-0.3, -0.25) is 10.4 Å². The highest BCUT2D eigenvalue weighted by Gasteiger charge is 2.08. The van der Waals surface area contributed by atoms with Crippen LogP contribution in [0.4, 0.5) is 16.3 Å². The number of amides is 2. The minimum absolute atomic E-state index is 0.333. The van der Waals surface area contributed by atoms with Crippen LogP contribution in [0.15, 0.2) is 48.7 Å². The molecule has 3 N–H and O–H groups in total. The number of nitrogens with one attached hydrogen (secondary N) is 3. The molecule has 2 aromatic heterocycles. The smallest absolute Gasteiger partial charge is 0.308 e. The third-order valence-corrected chi connectivity index (χ3v) is 2.60. The number of nitrogens with zero attached hydrogens (tertiary/aromatic N) is 2. The number of urea groups is 1. The van der Waals surface area contributed by atoms with Crippen LogP contribution in [0.3, 0.4) is 0 Å². The lowest BCUT2D eigenvalue weighted by molar-refractivity contribution is 0.262. The van der Waals surface area contributed by atoms with Gasteiger partial charge in [0.15, 0.2) is 5.65 Å². The van der Waals surface area contributed by atoms with Crippen LogP contribution in [0.25, 0.3) is 11.0 Å². The number of aromatic nitrogens is 3. The molecule has 2 heterocycles. The van der Waals surface area contributed by atoms with Gasteiger partial charge in [0.25, 0.3) is 0 Å². The zero-order valence-corrected chi connectivity index (χ0v) is 9.92. The van der Waals surface area contributed by atoms with Gasteiger partial charge in [0.1, 0.15) is 5.82 Å². The molecule has 0 bridgehead atoms. The number of anilines is 2. The molecule has 6 heteroatoms. The third kappa shape index (κ3) is 2.37. The summed E-state index contributed by atoms with van der Waals surface area (Å²) < 4.78 is 0. The molecule has 19 heavy (non-hydrogen) atoms. The van der Waals surface area contributed by atoms with Crippen LogP contribution < -0.4 is 10.6 Å². The Morgan fingerprint density at radius 2 is 1.89 bits per heavy atom. The van der Waals surface area contributed by atoms with Gasteiger partial charge in [0.05, 0.1) is 5.39 Å². The van der Waals surface area contributed by atoms with E-state index in [2.05, 4.69) is 25.8 Å². The minimum atomic E-state index is -0.333. The molecule has 0 aliphatic heterocycles. The molecule has 0 fully saturated rings. The first-order chi connectivity index (χ1) is 9.33. The van der Waals surface area contributed by atoms with E-state index in [0.29, 0.717) is 11.5 Å². The van der Waals surface area contributed by atoms with Crippen molar-refractivity contribution in [2.45, 2.75) is 0 Å². The Kier molecular flexibility index (Phi) is 2.82. The highest BCUT2D eigenvalue weighted by atomic mass is 16.2. The van der Waals surface area contributed by atoms with Crippen molar-refractivity contribution in [2.75, 3.05) is 10.6 Å². The van der Waals surface area contributed by atoms with Gasteiger partial charge in [0, 0.05) is 11.9 Å². The summed E-state index contributed by atoms with van der Waals surface area (Å²) in [5.41, 5.74) is 1.29. The lowest BCUT2D eigenvalue weighted by atomic mass is 10.3. The van der Waals surface area contributed by atoms with Gasteiger partial charge in [-0.2, -0.15) is 5.10 Å². The van der Waals surface area contributed by atoms with Gasteiger partial charge < -0.3 is 5.32 Å². The molecule has 6 nitrogen and oxygen atoms in total. The van der Waals surface area contributed by atoms with E-state index in [1.807, 2.05) is 36.4 Å². The van der Waals surface area contributed by atoms with Crippen LogP contribution in [-0.2, 0) is 0 Å². The van der Waals surface area contributed by atoms with Crippen molar-refractivity contribution in [3.05, 3.63) is 48.7 Å². The summed E-state index contributed by atoms with van der Waals surface area (Å²) in [4.78, 5) is 15.9. The number of benzene rings is 1. The van der Waals surface area contributed by atoms with Crippen molar-refractivity contribution < 1.29 is 4.79 Å². The average molecular weight is 253 g/mol. The molecule has 0 unspecified atom stereocenters. The highest BCUT2D eigenvalue weighted by molar-refractivity contribution is 6.03. The van der Waals surface area contributed by atoms with Gasteiger partial charge in [-0.25, -0.2) is 9.78 Å². The van der Waals surface area contributed by atoms with Crippen LogP contribution in [0, 0.1) is 0 Å². The average Bonchev–Trinajstić information content (AvgIpc) is 2.83. The van der Waals surface area contributed by atoms with Crippen molar-refractivity contribution in [3.63, 3.8) is 0 Å². The lowest BCUT2D eigenvalue weighted by Gasteiger charge is -2.05. The maximum absolute atomic E-state index is 11.8. The molecular formula is C13H11N5O. The minimum Gasteiger partial charge on any atom is -0.308 e. The normalized spacial score (nSPS) is 10.3. The molecule has 94 valence electrons. The first-order valence-corrected chi connectivity index (χ1v) is 5.75. The van der Waals surface area contributed by atoms with Gasteiger partial charge >= 0.3 is 6.03 Å². The molecule has 0 radical (unpaired) electrons. The van der Waals surface area contributed by atoms with E-state index >= 15 is 0 Å². The second kappa shape index (κ2) is 4.77. The van der Waals surface area contributed by atoms with E-state index in [-0.39, 0.29) is 6.03 Å². The molecule has 0 saturated carbocycles. The highest BCUT2D eigenvalue weighted by Crippen LogP contribution is 2.17. The topological polar surface area (TPSA) is 82.7 Å². The Morgan fingerprint density at radius 3 is 2.74 bits per heavy atom. The zero-order valence-electron chi connectivity index (χ0n) is 9.92. The third-order valence-electron chi connectivity index (χ3n) is 2.60. The summed E-state index contributed by atoms with van der Waals surface area (Å²) in [5.74, 6) is 0.525. The fourth-order valence-corrected chi connectivity index (χ4v) is 1.74. The van der Waals surface area contributed by atoms with E-state index in [1.165, 1.54) is 0 Å². The quantitative estimate of drug-likeness (QED) is 0.656. The number of hydrogen-bond donors (Lipinski definition) is 3. The molecule has 2 amide bonds. The monoisotopic (exact) mass is 253 g/mol. The summed E-state index contributed by atoms with van der Waals surface area (Å²) in [5, 5.41) is 12.9. The second-order valence-corrected chi connectivity index (χ2v) is 3.92. The Balaban J connectivity index is 1.76. The Labute approximate surface area is 108 Å². The number of fused-ring (bicyclic) bond motifs is 1. The predicted molar refractivity (Wildman–Crippen MR) is 73.0 cm³/mol. The first-order valence-electron chi connectivity index (χ1n) is 5.75. The number of hydrogen-bond acceptors (Lipinski definition) is 3. The summed E-state index contributed by atoms with van der Waals surface area (Å²) >= 11 is 0. The van der Waals surface area contributed by atoms with Crippen molar-refractivity contribution >= 4 is 28.6 Å². The fourth-order valence-electron chi connectivity index (χ4n) is 1.74. The molecule has 0 aliphatic rings. The number of H-pyrrole nitrogens is 1. The molecule has 0 atom stereocenters. The van der Waals surface area contributed by atoms with E-state index in [4.69, 9.17) is 0 Å². The number of carbonyl (C=O) groups is 1. The molecule has 3 aromatic rings. The molecule has 3 rings (SSSR count). The summed E-state index contributed by atoms with van der Waals surface area (Å²) in [7, 11) is 0. The SMILES string of the molecule is O=C(Nc1ccccc1)Nc1[nH]nc2ncccc12. The van der Waals surface area contributed by atoms with Crippen molar-refractivity contribution in [1.82, 2.24) is 15.2 Å². The lowest BCUT2D eigenvalue weighted by Crippen LogP contribution is -2.19. The van der Waals surface area contributed by atoms with E-state index in [1.54, 1.807) is 12.3 Å². The van der Waals surface area contributed by atoms with Crippen LogP contribution in [-0.4, -0.2) is 21.2 Å². The summed E-state index contributed by atoms with van der Waals surface area (Å²) in [6.07, 6.45) is 1.65. The number of carbonyl (C=O) groups excluding carboxylic acids is 1. The van der Waals surface area contributed by atoms with Gasteiger partial charge in [-0.05, 0) is 24.3 Å². The fraction of sp³-hybridized carbons (Fsp3) is 0. The van der Waals surface area contributed by atoms with Crippen LogP contribution >= 0.6 is 0 Å². The number of rotatable bonds is 2. The Bertz CT molecular complexity index is 707. The van der Waals surface area contributed by atoms with Crippen molar-refractivity contribution in [3.8, 4) is 0 Å². The molecule has 0 spiro atoms. The van der Waals surface area contributed by atoms with Gasteiger partial charge in [0.2, 0.25) is 0 Å². The summed E-state index contributed by atoms with van der Waals surface area (Å²) in [6, 6.07) is 12.5. The van der Waals surface area contributed by atoms with Crippen LogP contribution in [0.2, 0.25) is 0 Å². The zero-order chi connectivity index (χ0) is 13.1. The van der Waals surface area contributed by atoms with Crippen molar-refractivity contribution in [2.24, 2.45) is 0 Å². The van der Waals surface area contributed by atoms with Gasteiger partial charge in [-0.15, -0.1) is 0 Å². The number of aromatic amines is 1. The first kappa shape index (κ1) is 11.2. The van der Waals surface area contributed by atoms with E-state index in [9.17, 15) is 4.79 Å². The Hall–Kier alpha value is -2.89. The second-order valence-electron chi connectivity index (χ2n) is 3.92.